The van der Waals surface area contributed by atoms with Gasteiger partial charge in [-0.25, -0.2) is 0 Å². The van der Waals surface area contributed by atoms with Gasteiger partial charge in [0, 0.05) is 11.3 Å². The Balaban J connectivity index is 1.92. The predicted octanol–water partition coefficient (Wildman–Crippen LogP) is 1.53. The molecule has 0 aromatic heterocycles. The summed E-state index contributed by atoms with van der Waals surface area (Å²) >= 11 is 0. The fraction of sp³-hybridized carbons (Fsp3) is 0.529. The molecule has 1 saturated heterocycles. The fourth-order valence-electron chi connectivity index (χ4n) is 2.79. The summed E-state index contributed by atoms with van der Waals surface area (Å²) in [6, 6.07) is 7.03. The molecule has 4 heteroatoms. The molecule has 0 saturated carbocycles. The predicted molar refractivity (Wildman–Crippen MR) is 83.6 cm³/mol. The number of piperidine rings is 1. The van der Waals surface area contributed by atoms with Crippen LogP contribution in [0.25, 0.3) is 0 Å². The first kappa shape index (κ1) is 15.7. The van der Waals surface area contributed by atoms with Crippen molar-refractivity contribution in [3.8, 4) is 0 Å². The zero-order chi connectivity index (χ0) is 15.4. The minimum absolute atomic E-state index is 0.0353. The number of ketones is 1. The third-order valence-corrected chi connectivity index (χ3v) is 4.48. The number of nitrogens with one attached hydrogen (secondary N) is 2. The zero-order valence-corrected chi connectivity index (χ0v) is 13.1. The molecule has 1 aliphatic heterocycles. The van der Waals surface area contributed by atoms with E-state index in [0.29, 0.717) is 5.56 Å². The average Bonchev–Trinajstić information content (AvgIpc) is 2.47. The Bertz CT molecular complexity index is 502. The lowest BCUT2D eigenvalue weighted by molar-refractivity contribution is -0.919. The van der Waals surface area contributed by atoms with Gasteiger partial charge in [-0.2, -0.15) is 0 Å². The smallest absolute Gasteiger partial charge is 0.282 e. The van der Waals surface area contributed by atoms with Gasteiger partial charge in [0.2, 0.25) is 0 Å². The van der Waals surface area contributed by atoms with E-state index >= 15 is 0 Å². The summed E-state index contributed by atoms with van der Waals surface area (Å²) in [5.41, 5.74) is 1.42. The SMILES string of the molecule is CC(=O)c1ccc(NC(=O)[C@H](C)[NH+]2CCC(C)CC2)cc1. The van der Waals surface area contributed by atoms with E-state index in [1.54, 1.807) is 24.3 Å². The molecule has 1 amide bonds. The molecule has 0 spiro atoms. The molecule has 1 aromatic carbocycles. The molecule has 0 aliphatic carbocycles. The summed E-state index contributed by atoms with van der Waals surface area (Å²) in [6.07, 6.45) is 2.39. The van der Waals surface area contributed by atoms with E-state index in [4.69, 9.17) is 0 Å². The minimum atomic E-state index is -0.0371. The average molecular weight is 289 g/mol. The Hall–Kier alpha value is -1.68. The van der Waals surface area contributed by atoms with Gasteiger partial charge in [0.15, 0.2) is 11.8 Å². The van der Waals surface area contributed by atoms with E-state index in [1.165, 1.54) is 24.7 Å². The van der Waals surface area contributed by atoms with Crippen molar-refractivity contribution in [2.24, 2.45) is 5.92 Å². The normalized spacial score (nSPS) is 23.4. The summed E-state index contributed by atoms with van der Waals surface area (Å²) < 4.78 is 0. The van der Waals surface area contributed by atoms with Crippen LogP contribution in [0, 0.1) is 5.92 Å². The second-order valence-electron chi connectivity index (χ2n) is 6.19. The molecule has 4 nitrogen and oxygen atoms in total. The first-order valence-electron chi connectivity index (χ1n) is 7.74. The van der Waals surface area contributed by atoms with E-state index in [-0.39, 0.29) is 17.7 Å². The highest BCUT2D eigenvalue weighted by molar-refractivity contribution is 5.96. The molecule has 0 radical (unpaired) electrons. The highest BCUT2D eigenvalue weighted by Gasteiger charge is 2.28. The van der Waals surface area contributed by atoms with Crippen molar-refractivity contribution in [2.75, 3.05) is 18.4 Å². The standard InChI is InChI=1S/C17H24N2O2/c1-12-8-10-19(11-9-12)13(2)17(21)18-16-6-4-15(5-7-16)14(3)20/h4-7,12-13H,8-11H2,1-3H3,(H,18,21)/p+1/t13-/m0/s1. The quantitative estimate of drug-likeness (QED) is 0.826. The van der Waals surface area contributed by atoms with Crippen LogP contribution in [-0.2, 0) is 4.79 Å². The topological polar surface area (TPSA) is 50.6 Å². The molecule has 21 heavy (non-hydrogen) atoms. The second-order valence-corrected chi connectivity index (χ2v) is 6.19. The number of quaternary nitrogens is 1. The van der Waals surface area contributed by atoms with Crippen LogP contribution in [0.1, 0.15) is 44.0 Å². The van der Waals surface area contributed by atoms with Crippen molar-refractivity contribution in [1.29, 1.82) is 0 Å². The van der Waals surface area contributed by atoms with Crippen molar-refractivity contribution in [2.45, 2.75) is 39.7 Å². The molecule has 1 aliphatic rings. The lowest BCUT2D eigenvalue weighted by atomic mass is 9.98. The Morgan fingerprint density at radius 1 is 1.19 bits per heavy atom. The number of hydrogen-bond donors (Lipinski definition) is 2. The van der Waals surface area contributed by atoms with Gasteiger partial charge in [0.05, 0.1) is 13.1 Å². The van der Waals surface area contributed by atoms with Crippen LogP contribution in [0.5, 0.6) is 0 Å². The van der Waals surface area contributed by atoms with E-state index in [2.05, 4.69) is 12.2 Å². The molecule has 2 N–H and O–H groups in total. The number of carbonyl (C=O) groups excluding carboxylic acids is 2. The van der Waals surface area contributed by atoms with Crippen LogP contribution < -0.4 is 10.2 Å². The molecule has 1 atom stereocenters. The third kappa shape index (κ3) is 4.14. The lowest BCUT2D eigenvalue weighted by Crippen LogP contribution is -3.17. The zero-order valence-electron chi connectivity index (χ0n) is 13.1. The summed E-state index contributed by atoms with van der Waals surface area (Å²) in [7, 11) is 0. The monoisotopic (exact) mass is 289 g/mol. The lowest BCUT2D eigenvalue weighted by Gasteiger charge is -2.31. The van der Waals surface area contributed by atoms with Gasteiger partial charge in [0.25, 0.3) is 5.91 Å². The number of rotatable bonds is 4. The van der Waals surface area contributed by atoms with Crippen LogP contribution in [0.15, 0.2) is 24.3 Å². The van der Waals surface area contributed by atoms with Crippen molar-refractivity contribution < 1.29 is 14.5 Å². The van der Waals surface area contributed by atoms with E-state index in [1.807, 2.05) is 6.92 Å². The number of benzene rings is 1. The van der Waals surface area contributed by atoms with Crippen molar-refractivity contribution >= 4 is 17.4 Å². The fourth-order valence-corrected chi connectivity index (χ4v) is 2.79. The van der Waals surface area contributed by atoms with Gasteiger partial charge in [-0.15, -0.1) is 0 Å². The number of carbonyl (C=O) groups is 2. The largest absolute Gasteiger partial charge is 0.325 e. The Kier molecular flexibility index (Phi) is 5.12. The minimum Gasteiger partial charge on any atom is -0.325 e. The highest BCUT2D eigenvalue weighted by atomic mass is 16.2. The van der Waals surface area contributed by atoms with Gasteiger partial charge >= 0.3 is 0 Å². The number of anilines is 1. The van der Waals surface area contributed by atoms with Gasteiger partial charge in [-0.1, -0.05) is 6.92 Å². The molecular formula is C17H25N2O2+. The second kappa shape index (κ2) is 6.85. The number of Topliss-reactive ketones (excluding diaryl/α,β-unsaturated/α-hetero) is 1. The highest BCUT2D eigenvalue weighted by Crippen LogP contribution is 2.11. The number of amides is 1. The maximum atomic E-state index is 12.3. The van der Waals surface area contributed by atoms with E-state index < -0.39 is 0 Å². The van der Waals surface area contributed by atoms with Gasteiger partial charge in [-0.05, 0) is 56.9 Å². The molecule has 0 unspecified atom stereocenters. The molecule has 1 aromatic rings. The maximum absolute atomic E-state index is 12.3. The van der Waals surface area contributed by atoms with Crippen molar-refractivity contribution in [3.63, 3.8) is 0 Å². The Labute approximate surface area is 126 Å². The summed E-state index contributed by atoms with van der Waals surface area (Å²) in [4.78, 5) is 24.9. The molecular weight excluding hydrogens is 264 g/mol. The van der Waals surface area contributed by atoms with Crippen LogP contribution in [0.3, 0.4) is 0 Å². The first-order valence-corrected chi connectivity index (χ1v) is 7.74. The van der Waals surface area contributed by atoms with E-state index in [9.17, 15) is 9.59 Å². The van der Waals surface area contributed by atoms with Crippen molar-refractivity contribution in [3.05, 3.63) is 29.8 Å². The van der Waals surface area contributed by atoms with Gasteiger partial charge in [-0.3, -0.25) is 9.59 Å². The van der Waals surface area contributed by atoms with Gasteiger partial charge < -0.3 is 10.2 Å². The summed E-state index contributed by atoms with van der Waals surface area (Å²) in [5.74, 6) is 0.867. The maximum Gasteiger partial charge on any atom is 0.282 e. The van der Waals surface area contributed by atoms with E-state index in [0.717, 1.165) is 24.7 Å². The molecule has 1 heterocycles. The Morgan fingerprint density at radius 3 is 2.29 bits per heavy atom. The number of likely N-dealkylation sites (tertiary alicyclic amines) is 1. The van der Waals surface area contributed by atoms with Crippen LogP contribution in [-0.4, -0.2) is 30.8 Å². The third-order valence-electron chi connectivity index (χ3n) is 4.48. The van der Waals surface area contributed by atoms with Crippen LogP contribution in [0.2, 0.25) is 0 Å². The molecule has 1 fully saturated rings. The van der Waals surface area contributed by atoms with Gasteiger partial charge in [0.1, 0.15) is 0 Å². The van der Waals surface area contributed by atoms with Crippen LogP contribution in [0.4, 0.5) is 5.69 Å². The van der Waals surface area contributed by atoms with Crippen molar-refractivity contribution in [1.82, 2.24) is 0 Å². The summed E-state index contributed by atoms with van der Waals surface area (Å²) in [5, 5.41) is 2.95. The Morgan fingerprint density at radius 2 is 1.76 bits per heavy atom. The first-order chi connectivity index (χ1) is 9.97. The molecule has 114 valence electrons. The summed E-state index contributed by atoms with van der Waals surface area (Å²) in [6.45, 7) is 7.94. The van der Waals surface area contributed by atoms with Crippen LogP contribution >= 0.6 is 0 Å². The molecule has 2 rings (SSSR count). The molecule has 0 bridgehead atoms. The number of hydrogen-bond acceptors (Lipinski definition) is 2.